The molecule has 0 saturated heterocycles. The standard InChI is InChI=1S/C12H12F5NO2/c1-2-18(7-12(15,16)17)11(19)6-20-10-4-3-8(13)5-9(10)14/h3-5H,2,6-7H2,1H3. The van der Waals surface area contributed by atoms with Gasteiger partial charge in [-0.05, 0) is 19.1 Å². The van der Waals surface area contributed by atoms with Crippen molar-refractivity contribution in [1.82, 2.24) is 4.90 Å². The minimum atomic E-state index is -4.52. The van der Waals surface area contributed by atoms with E-state index in [0.717, 1.165) is 12.1 Å². The van der Waals surface area contributed by atoms with E-state index >= 15 is 0 Å². The monoisotopic (exact) mass is 297 g/mol. The number of carbonyl (C=O) groups is 1. The van der Waals surface area contributed by atoms with Crippen LogP contribution in [0.4, 0.5) is 22.0 Å². The number of carbonyl (C=O) groups excluding carboxylic acids is 1. The summed E-state index contributed by atoms with van der Waals surface area (Å²) >= 11 is 0. The Hall–Kier alpha value is -1.86. The van der Waals surface area contributed by atoms with Crippen molar-refractivity contribution in [2.45, 2.75) is 13.1 Å². The molecule has 0 N–H and O–H groups in total. The van der Waals surface area contributed by atoms with E-state index in [-0.39, 0.29) is 6.54 Å². The maximum absolute atomic E-state index is 13.2. The third-order valence-electron chi connectivity index (χ3n) is 2.35. The number of rotatable bonds is 5. The molecule has 1 amide bonds. The molecule has 0 spiro atoms. The lowest BCUT2D eigenvalue weighted by Gasteiger charge is -2.22. The van der Waals surface area contributed by atoms with Crippen LogP contribution in [0.1, 0.15) is 6.92 Å². The van der Waals surface area contributed by atoms with Gasteiger partial charge in [0.15, 0.2) is 18.2 Å². The average Bonchev–Trinajstić information content (AvgIpc) is 2.33. The second-order valence-electron chi connectivity index (χ2n) is 3.89. The fourth-order valence-electron chi connectivity index (χ4n) is 1.42. The zero-order chi connectivity index (χ0) is 15.3. The lowest BCUT2D eigenvalue weighted by Crippen LogP contribution is -2.41. The number of nitrogens with zero attached hydrogens (tertiary/aromatic N) is 1. The van der Waals surface area contributed by atoms with Crippen molar-refractivity contribution in [2.24, 2.45) is 0 Å². The molecule has 0 aliphatic heterocycles. The molecule has 0 aliphatic carbocycles. The zero-order valence-corrected chi connectivity index (χ0v) is 10.5. The van der Waals surface area contributed by atoms with Crippen LogP contribution >= 0.6 is 0 Å². The number of likely N-dealkylation sites (N-methyl/N-ethyl adjacent to an activating group) is 1. The Balaban J connectivity index is 2.61. The van der Waals surface area contributed by atoms with Gasteiger partial charge in [0.1, 0.15) is 12.4 Å². The number of ether oxygens (including phenoxy) is 1. The van der Waals surface area contributed by atoms with E-state index in [1.165, 1.54) is 6.92 Å². The number of benzene rings is 1. The Labute approximate surface area is 111 Å². The van der Waals surface area contributed by atoms with Crippen LogP contribution < -0.4 is 4.74 Å². The first-order valence-electron chi connectivity index (χ1n) is 5.65. The van der Waals surface area contributed by atoms with Crippen molar-refractivity contribution in [3.8, 4) is 5.75 Å². The molecule has 1 aromatic rings. The van der Waals surface area contributed by atoms with E-state index in [2.05, 4.69) is 0 Å². The van der Waals surface area contributed by atoms with Gasteiger partial charge in [0, 0.05) is 12.6 Å². The van der Waals surface area contributed by atoms with Gasteiger partial charge >= 0.3 is 6.18 Å². The molecule has 3 nitrogen and oxygen atoms in total. The largest absolute Gasteiger partial charge is 0.481 e. The molecule has 0 heterocycles. The molecular weight excluding hydrogens is 285 g/mol. The zero-order valence-electron chi connectivity index (χ0n) is 10.5. The van der Waals surface area contributed by atoms with Crippen molar-refractivity contribution in [1.29, 1.82) is 0 Å². The summed E-state index contributed by atoms with van der Waals surface area (Å²) in [7, 11) is 0. The van der Waals surface area contributed by atoms with Crippen molar-refractivity contribution in [3.05, 3.63) is 29.8 Å². The average molecular weight is 297 g/mol. The van der Waals surface area contributed by atoms with Gasteiger partial charge < -0.3 is 9.64 Å². The minimum Gasteiger partial charge on any atom is -0.481 e. The SMILES string of the molecule is CCN(CC(F)(F)F)C(=O)COc1ccc(F)cc1F. The Morgan fingerprint density at radius 3 is 2.45 bits per heavy atom. The topological polar surface area (TPSA) is 29.5 Å². The molecule has 20 heavy (non-hydrogen) atoms. The number of hydrogen-bond acceptors (Lipinski definition) is 2. The van der Waals surface area contributed by atoms with Gasteiger partial charge in [-0.3, -0.25) is 4.79 Å². The van der Waals surface area contributed by atoms with Gasteiger partial charge in [0.2, 0.25) is 0 Å². The van der Waals surface area contributed by atoms with Crippen molar-refractivity contribution in [2.75, 3.05) is 19.7 Å². The quantitative estimate of drug-likeness (QED) is 0.782. The van der Waals surface area contributed by atoms with Gasteiger partial charge in [-0.1, -0.05) is 0 Å². The van der Waals surface area contributed by atoms with Crippen molar-refractivity contribution in [3.63, 3.8) is 0 Å². The first-order chi connectivity index (χ1) is 9.23. The maximum Gasteiger partial charge on any atom is 0.406 e. The molecule has 1 rings (SSSR count). The highest BCUT2D eigenvalue weighted by Crippen LogP contribution is 2.19. The summed E-state index contributed by atoms with van der Waals surface area (Å²) in [6.07, 6.45) is -4.52. The molecule has 0 unspecified atom stereocenters. The Bertz CT molecular complexity index is 475. The Morgan fingerprint density at radius 1 is 1.30 bits per heavy atom. The van der Waals surface area contributed by atoms with Crippen LogP contribution in [-0.2, 0) is 4.79 Å². The summed E-state index contributed by atoms with van der Waals surface area (Å²) in [6, 6.07) is 2.42. The molecule has 1 aromatic carbocycles. The predicted octanol–water partition coefficient (Wildman–Crippen LogP) is 2.75. The van der Waals surface area contributed by atoms with Gasteiger partial charge in [-0.2, -0.15) is 13.2 Å². The van der Waals surface area contributed by atoms with E-state index in [0.29, 0.717) is 11.0 Å². The van der Waals surface area contributed by atoms with Crippen LogP contribution in [-0.4, -0.2) is 36.7 Å². The fraction of sp³-hybridized carbons (Fsp3) is 0.417. The first kappa shape index (κ1) is 16.2. The molecule has 0 atom stereocenters. The molecule has 0 fully saturated rings. The molecule has 112 valence electrons. The van der Waals surface area contributed by atoms with Crippen LogP contribution in [0, 0.1) is 11.6 Å². The molecular formula is C12H12F5NO2. The molecule has 8 heteroatoms. The van der Waals surface area contributed by atoms with Crippen LogP contribution in [0.15, 0.2) is 18.2 Å². The summed E-state index contributed by atoms with van der Waals surface area (Å²) in [5, 5.41) is 0. The van der Waals surface area contributed by atoms with Crippen LogP contribution in [0.2, 0.25) is 0 Å². The highest BCUT2D eigenvalue weighted by Gasteiger charge is 2.32. The Kier molecular flexibility index (Phi) is 5.29. The number of hydrogen-bond donors (Lipinski definition) is 0. The lowest BCUT2D eigenvalue weighted by atomic mass is 10.3. The molecule has 0 radical (unpaired) electrons. The molecule has 0 bridgehead atoms. The highest BCUT2D eigenvalue weighted by molar-refractivity contribution is 5.77. The summed E-state index contributed by atoms with van der Waals surface area (Å²) in [6.45, 7) is -0.945. The third kappa shape index (κ3) is 5.02. The van der Waals surface area contributed by atoms with E-state index < -0.39 is 42.6 Å². The maximum atomic E-state index is 13.2. The Morgan fingerprint density at radius 2 is 1.95 bits per heavy atom. The predicted molar refractivity (Wildman–Crippen MR) is 60.2 cm³/mol. The van der Waals surface area contributed by atoms with E-state index in [4.69, 9.17) is 4.74 Å². The van der Waals surface area contributed by atoms with Crippen LogP contribution in [0.3, 0.4) is 0 Å². The van der Waals surface area contributed by atoms with Crippen molar-refractivity contribution < 1.29 is 31.5 Å². The van der Waals surface area contributed by atoms with Crippen LogP contribution in [0.5, 0.6) is 5.75 Å². The smallest absolute Gasteiger partial charge is 0.406 e. The third-order valence-corrected chi connectivity index (χ3v) is 2.35. The second-order valence-corrected chi connectivity index (χ2v) is 3.89. The number of amides is 1. The highest BCUT2D eigenvalue weighted by atomic mass is 19.4. The normalized spacial score (nSPS) is 11.3. The van der Waals surface area contributed by atoms with Gasteiger partial charge in [0.05, 0.1) is 0 Å². The van der Waals surface area contributed by atoms with Gasteiger partial charge in [0.25, 0.3) is 5.91 Å². The molecule has 0 aromatic heterocycles. The van der Waals surface area contributed by atoms with Gasteiger partial charge in [-0.15, -0.1) is 0 Å². The first-order valence-corrected chi connectivity index (χ1v) is 5.65. The van der Waals surface area contributed by atoms with E-state index in [9.17, 15) is 26.7 Å². The summed E-state index contributed by atoms with van der Waals surface area (Å²) in [5.74, 6) is -3.19. The molecule has 0 aliphatic rings. The number of alkyl halides is 3. The number of halogens is 5. The summed E-state index contributed by atoms with van der Waals surface area (Å²) < 4.78 is 67.1. The van der Waals surface area contributed by atoms with Crippen LogP contribution in [0.25, 0.3) is 0 Å². The van der Waals surface area contributed by atoms with Crippen molar-refractivity contribution >= 4 is 5.91 Å². The lowest BCUT2D eigenvalue weighted by molar-refractivity contribution is -0.161. The van der Waals surface area contributed by atoms with E-state index in [1.54, 1.807) is 0 Å². The summed E-state index contributed by atoms with van der Waals surface area (Å²) in [4.78, 5) is 12.0. The molecule has 0 saturated carbocycles. The fourth-order valence-corrected chi connectivity index (χ4v) is 1.42. The second kappa shape index (κ2) is 6.53. The van der Waals surface area contributed by atoms with Gasteiger partial charge in [-0.25, -0.2) is 8.78 Å². The minimum absolute atomic E-state index is 0.159. The van der Waals surface area contributed by atoms with E-state index in [1.807, 2.05) is 0 Å². The summed E-state index contributed by atoms with van der Waals surface area (Å²) in [5.41, 5.74) is 0.